The zero-order chi connectivity index (χ0) is 15.5. The number of rotatable bonds is 3. The van der Waals surface area contributed by atoms with Crippen molar-refractivity contribution in [1.82, 2.24) is 14.9 Å². The van der Waals surface area contributed by atoms with Crippen LogP contribution in [0.2, 0.25) is 0 Å². The van der Waals surface area contributed by atoms with E-state index in [2.05, 4.69) is 57.3 Å². The van der Waals surface area contributed by atoms with Crippen molar-refractivity contribution in [3.8, 4) is 0 Å². The second-order valence-corrected chi connectivity index (χ2v) is 5.91. The van der Waals surface area contributed by atoms with Gasteiger partial charge in [0.25, 0.3) is 0 Å². The van der Waals surface area contributed by atoms with Gasteiger partial charge >= 0.3 is 0 Å². The third-order valence-electron chi connectivity index (χ3n) is 4.28. The lowest BCUT2D eigenvalue weighted by molar-refractivity contribution is -0.0351. The van der Waals surface area contributed by atoms with Crippen molar-refractivity contribution in [2.75, 3.05) is 19.7 Å². The topological polar surface area (TPSA) is 38.2 Å². The Labute approximate surface area is 135 Å². The summed E-state index contributed by atoms with van der Waals surface area (Å²) in [5, 5.41) is 2.58. The van der Waals surface area contributed by atoms with Gasteiger partial charge in [0.2, 0.25) is 0 Å². The van der Waals surface area contributed by atoms with Crippen LogP contribution in [0.15, 0.2) is 61.1 Å². The smallest absolute Gasteiger partial charge is 0.114 e. The van der Waals surface area contributed by atoms with Gasteiger partial charge in [-0.1, -0.05) is 36.4 Å². The van der Waals surface area contributed by atoms with E-state index in [9.17, 15) is 0 Å². The molecule has 1 atom stereocenters. The van der Waals surface area contributed by atoms with Crippen LogP contribution in [-0.2, 0) is 11.3 Å². The Morgan fingerprint density at radius 1 is 1.09 bits per heavy atom. The van der Waals surface area contributed by atoms with Crippen molar-refractivity contribution in [2.24, 2.45) is 0 Å². The van der Waals surface area contributed by atoms with Crippen molar-refractivity contribution in [2.45, 2.75) is 12.6 Å². The summed E-state index contributed by atoms with van der Waals surface area (Å²) in [7, 11) is 0. The summed E-state index contributed by atoms with van der Waals surface area (Å²) < 4.78 is 5.86. The average molecular weight is 305 g/mol. The quantitative estimate of drug-likeness (QED) is 0.745. The van der Waals surface area contributed by atoms with E-state index in [1.165, 1.54) is 16.3 Å². The molecule has 4 heteroatoms. The minimum absolute atomic E-state index is 0.0120. The van der Waals surface area contributed by atoms with Gasteiger partial charge in [-0.05, 0) is 22.4 Å². The highest BCUT2D eigenvalue weighted by molar-refractivity contribution is 5.82. The van der Waals surface area contributed by atoms with Gasteiger partial charge in [-0.15, -0.1) is 0 Å². The number of hydrogen-bond acceptors (Lipinski definition) is 4. The molecule has 0 saturated carbocycles. The Bertz CT molecular complexity index is 791. The fourth-order valence-corrected chi connectivity index (χ4v) is 3.10. The first kappa shape index (κ1) is 14.3. The lowest BCUT2D eigenvalue weighted by Crippen LogP contribution is -2.38. The van der Waals surface area contributed by atoms with Gasteiger partial charge in [-0.3, -0.25) is 14.9 Å². The Morgan fingerprint density at radius 2 is 2.00 bits per heavy atom. The monoisotopic (exact) mass is 305 g/mol. The van der Waals surface area contributed by atoms with Crippen LogP contribution in [0.1, 0.15) is 17.4 Å². The molecule has 0 unspecified atom stereocenters. The van der Waals surface area contributed by atoms with E-state index in [1.807, 2.05) is 0 Å². The van der Waals surface area contributed by atoms with E-state index in [0.29, 0.717) is 0 Å². The first-order valence-electron chi connectivity index (χ1n) is 7.96. The molecule has 1 saturated heterocycles. The summed E-state index contributed by atoms with van der Waals surface area (Å²) in [6, 6.07) is 15.2. The molecule has 1 aliphatic rings. The number of nitrogens with zero attached hydrogens (tertiary/aromatic N) is 3. The predicted octanol–water partition coefficient (Wildman–Crippen LogP) is 3.20. The Kier molecular flexibility index (Phi) is 4.01. The third kappa shape index (κ3) is 3.23. The van der Waals surface area contributed by atoms with Crippen LogP contribution in [0.4, 0.5) is 0 Å². The van der Waals surface area contributed by atoms with Crippen LogP contribution < -0.4 is 0 Å². The van der Waals surface area contributed by atoms with Crippen molar-refractivity contribution >= 4 is 10.8 Å². The fourth-order valence-electron chi connectivity index (χ4n) is 3.10. The maximum absolute atomic E-state index is 5.86. The van der Waals surface area contributed by atoms with Gasteiger partial charge < -0.3 is 4.74 Å². The molecule has 0 spiro atoms. The van der Waals surface area contributed by atoms with Gasteiger partial charge in [0.15, 0.2) is 0 Å². The number of benzene rings is 2. The van der Waals surface area contributed by atoms with Crippen molar-refractivity contribution in [3.05, 3.63) is 72.3 Å². The SMILES string of the molecule is c1ccc2cc(CN3CCO[C@@H](c4cnccn4)C3)ccc2c1. The van der Waals surface area contributed by atoms with Crippen molar-refractivity contribution in [3.63, 3.8) is 0 Å². The Morgan fingerprint density at radius 3 is 2.87 bits per heavy atom. The molecule has 0 N–H and O–H groups in total. The molecule has 0 aliphatic carbocycles. The molecule has 3 aromatic rings. The molecule has 2 aromatic carbocycles. The van der Waals surface area contributed by atoms with Gasteiger partial charge in [0.05, 0.1) is 18.5 Å². The molecule has 2 heterocycles. The second kappa shape index (κ2) is 6.44. The van der Waals surface area contributed by atoms with E-state index in [-0.39, 0.29) is 6.10 Å². The summed E-state index contributed by atoms with van der Waals surface area (Å²) in [5.41, 5.74) is 2.25. The molecule has 116 valence electrons. The second-order valence-electron chi connectivity index (χ2n) is 5.91. The molecule has 23 heavy (non-hydrogen) atoms. The third-order valence-corrected chi connectivity index (χ3v) is 4.28. The highest BCUT2D eigenvalue weighted by Crippen LogP contribution is 2.22. The summed E-state index contributed by atoms with van der Waals surface area (Å²) in [6.45, 7) is 3.47. The molecule has 1 aliphatic heterocycles. The molecule has 0 amide bonds. The van der Waals surface area contributed by atoms with E-state index in [0.717, 1.165) is 31.9 Å². The number of aromatic nitrogens is 2. The van der Waals surface area contributed by atoms with E-state index in [1.54, 1.807) is 18.6 Å². The first-order chi connectivity index (χ1) is 11.4. The van der Waals surface area contributed by atoms with Crippen LogP contribution in [0.25, 0.3) is 10.8 Å². The maximum atomic E-state index is 5.86. The Hall–Kier alpha value is -2.30. The van der Waals surface area contributed by atoms with E-state index < -0.39 is 0 Å². The van der Waals surface area contributed by atoms with E-state index >= 15 is 0 Å². The highest BCUT2D eigenvalue weighted by Gasteiger charge is 2.23. The van der Waals surface area contributed by atoms with Crippen LogP contribution >= 0.6 is 0 Å². The van der Waals surface area contributed by atoms with Crippen LogP contribution in [0, 0.1) is 0 Å². The van der Waals surface area contributed by atoms with Gasteiger partial charge in [-0.2, -0.15) is 0 Å². The molecule has 4 nitrogen and oxygen atoms in total. The summed E-state index contributed by atoms with van der Waals surface area (Å²) in [4.78, 5) is 10.9. The molecule has 1 aromatic heterocycles. The lowest BCUT2D eigenvalue weighted by atomic mass is 10.1. The molecule has 0 bridgehead atoms. The van der Waals surface area contributed by atoms with Crippen LogP contribution in [0.5, 0.6) is 0 Å². The molecule has 0 radical (unpaired) electrons. The molecule has 4 rings (SSSR count). The maximum Gasteiger partial charge on any atom is 0.114 e. The lowest BCUT2D eigenvalue weighted by Gasteiger charge is -2.32. The zero-order valence-corrected chi connectivity index (χ0v) is 12.9. The number of fused-ring (bicyclic) bond motifs is 1. The fraction of sp³-hybridized carbons (Fsp3) is 0.263. The Balaban J connectivity index is 1.49. The molecule has 1 fully saturated rings. The average Bonchev–Trinajstić information content (AvgIpc) is 2.63. The number of morpholine rings is 1. The summed E-state index contributed by atoms with van der Waals surface area (Å²) in [6.07, 6.45) is 5.22. The normalized spacial score (nSPS) is 19.0. The number of hydrogen-bond donors (Lipinski definition) is 0. The highest BCUT2D eigenvalue weighted by atomic mass is 16.5. The summed E-state index contributed by atoms with van der Waals surface area (Å²) in [5.74, 6) is 0. The molecular formula is C19H19N3O. The largest absolute Gasteiger partial charge is 0.369 e. The minimum Gasteiger partial charge on any atom is -0.369 e. The van der Waals surface area contributed by atoms with E-state index in [4.69, 9.17) is 4.74 Å². The zero-order valence-electron chi connectivity index (χ0n) is 12.9. The van der Waals surface area contributed by atoms with Crippen molar-refractivity contribution < 1.29 is 4.74 Å². The minimum atomic E-state index is 0.0120. The van der Waals surface area contributed by atoms with Crippen LogP contribution in [-0.4, -0.2) is 34.6 Å². The van der Waals surface area contributed by atoms with Gasteiger partial charge in [0, 0.05) is 32.0 Å². The molecular weight excluding hydrogens is 286 g/mol. The van der Waals surface area contributed by atoms with Gasteiger partial charge in [0.1, 0.15) is 6.10 Å². The van der Waals surface area contributed by atoms with Crippen LogP contribution in [0.3, 0.4) is 0 Å². The standard InChI is InChI=1S/C19H19N3O/c1-2-4-17-11-15(5-6-16(17)3-1)13-22-9-10-23-19(14-22)18-12-20-7-8-21-18/h1-8,11-12,19H,9-10,13-14H2/t19-/m1/s1. The number of ether oxygens (including phenoxy) is 1. The van der Waals surface area contributed by atoms with Gasteiger partial charge in [-0.25, -0.2) is 0 Å². The van der Waals surface area contributed by atoms with Crippen molar-refractivity contribution in [1.29, 1.82) is 0 Å². The summed E-state index contributed by atoms with van der Waals surface area (Å²) >= 11 is 0. The predicted molar refractivity (Wildman–Crippen MR) is 90.0 cm³/mol. The first-order valence-corrected chi connectivity index (χ1v) is 7.96.